The largest absolute Gasteiger partial charge is 0.505 e. The molecule has 0 spiro atoms. The van der Waals surface area contributed by atoms with E-state index in [0.29, 0.717) is 11.7 Å². The number of benzene rings is 2. The van der Waals surface area contributed by atoms with E-state index in [1.807, 2.05) is 36.4 Å². The van der Waals surface area contributed by atoms with Crippen molar-refractivity contribution in [3.63, 3.8) is 0 Å². The molecule has 0 aliphatic rings. The molecule has 3 heteroatoms. The minimum atomic E-state index is 0.536. The molecule has 0 amide bonds. The van der Waals surface area contributed by atoms with E-state index in [4.69, 9.17) is 0 Å². The first-order valence-corrected chi connectivity index (χ1v) is 5.33. The predicted octanol–water partition coefficient (Wildman–Crippen LogP) is 3.39. The van der Waals surface area contributed by atoms with E-state index in [2.05, 4.69) is 15.9 Å². The number of fused-ring (bicyclic) bond motifs is 1. The van der Waals surface area contributed by atoms with E-state index in [-0.39, 0.29) is 0 Å². The van der Waals surface area contributed by atoms with Gasteiger partial charge in [0.25, 0.3) is 4.90 Å². The maximum atomic E-state index is 10.8. The zero-order valence-electron chi connectivity index (χ0n) is 6.66. The molecule has 2 rings (SSSR count). The number of hydrogen-bond donors (Lipinski definition) is 0. The molecular weight excluding hydrogens is 248 g/mol. The first-order chi connectivity index (χ1) is 6.31. The maximum absolute atomic E-state index is 10.8. The van der Waals surface area contributed by atoms with Gasteiger partial charge in [0.1, 0.15) is 0 Å². The van der Waals surface area contributed by atoms with Gasteiger partial charge in [0.15, 0.2) is 0 Å². The molecule has 0 aromatic heterocycles. The van der Waals surface area contributed by atoms with Crippen LogP contribution in [-0.4, -0.2) is 0 Å². The Balaban J connectivity index is 2.86. The lowest BCUT2D eigenvalue weighted by molar-refractivity contribution is 0.605. The Morgan fingerprint density at radius 2 is 2.00 bits per heavy atom. The topological polar surface area (TPSA) is 17.1 Å². The number of halogens is 1. The van der Waals surface area contributed by atoms with Crippen molar-refractivity contribution >= 4 is 38.4 Å². The molecule has 0 aliphatic carbocycles. The molecule has 0 fully saturated rings. The van der Waals surface area contributed by atoms with Crippen molar-refractivity contribution in [2.75, 3.05) is 0 Å². The third-order valence-corrected chi connectivity index (χ3v) is 2.92. The smallest absolute Gasteiger partial charge is 0.0558 e. The van der Waals surface area contributed by atoms with E-state index in [0.717, 1.165) is 20.1 Å². The molecule has 0 aliphatic heterocycles. The second-order valence-electron chi connectivity index (χ2n) is 2.70. The standard InChI is InChI=1S/C10H6BrOS/c11-8-5-4-7-2-1-3-10(13-12)9(7)6-8/h1-6H/q+1. The molecule has 0 heterocycles. The Morgan fingerprint density at radius 3 is 2.77 bits per heavy atom. The van der Waals surface area contributed by atoms with E-state index >= 15 is 0 Å². The van der Waals surface area contributed by atoms with Crippen LogP contribution in [0.4, 0.5) is 0 Å². The zero-order valence-corrected chi connectivity index (χ0v) is 9.06. The average Bonchev–Trinajstić information content (AvgIpc) is 2.17. The Bertz CT molecular complexity index is 467. The van der Waals surface area contributed by atoms with Crippen LogP contribution >= 0.6 is 15.9 Å². The van der Waals surface area contributed by atoms with E-state index in [9.17, 15) is 4.21 Å². The first-order valence-electron chi connectivity index (χ1n) is 3.79. The third-order valence-electron chi connectivity index (χ3n) is 1.89. The van der Waals surface area contributed by atoms with Gasteiger partial charge in [-0.3, -0.25) is 0 Å². The van der Waals surface area contributed by atoms with Gasteiger partial charge in [0.05, 0.1) is 5.39 Å². The minimum absolute atomic E-state index is 0.536. The van der Waals surface area contributed by atoms with Gasteiger partial charge in [-0.2, -0.15) is 0 Å². The van der Waals surface area contributed by atoms with Gasteiger partial charge in [-0.05, 0) is 17.5 Å². The van der Waals surface area contributed by atoms with Gasteiger partial charge >= 0.3 is 11.7 Å². The highest BCUT2D eigenvalue weighted by Gasteiger charge is 2.11. The fraction of sp³-hybridized carbons (Fsp3) is 0. The fourth-order valence-electron chi connectivity index (χ4n) is 1.29. The summed E-state index contributed by atoms with van der Waals surface area (Å²) in [5.74, 6) is 0. The summed E-state index contributed by atoms with van der Waals surface area (Å²) in [6.45, 7) is 0. The van der Waals surface area contributed by atoms with Gasteiger partial charge in [-0.1, -0.05) is 34.1 Å². The van der Waals surface area contributed by atoms with Crippen molar-refractivity contribution in [3.8, 4) is 0 Å². The van der Waals surface area contributed by atoms with Gasteiger partial charge in [-0.15, -0.1) is 0 Å². The van der Waals surface area contributed by atoms with E-state index in [1.54, 1.807) is 0 Å². The monoisotopic (exact) mass is 253 g/mol. The molecule has 2 aromatic rings. The molecular formula is C10H6BrOS+. The van der Waals surface area contributed by atoms with E-state index in [1.165, 1.54) is 0 Å². The van der Waals surface area contributed by atoms with Crippen LogP contribution < -0.4 is 0 Å². The van der Waals surface area contributed by atoms with Crippen molar-refractivity contribution in [2.24, 2.45) is 0 Å². The summed E-state index contributed by atoms with van der Waals surface area (Å²) in [4.78, 5) is 0.777. The van der Waals surface area contributed by atoms with Crippen molar-refractivity contribution < 1.29 is 4.21 Å². The van der Waals surface area contributed by atoms with Crippen LogP contribution in [0.15, 0.2) is 45.8 Å². The molecule has 0 radical (unpaired) electrons. The lowest BCUT2D eigenvalue weighted by Crippen LogP contribution is -1.78. The van der Waals surface area contributed by atoms with Crippen molar-refractivity contribution in [1.29, 1.82) is 0 Å². The summed E-state index contributed by atoms with van der Waals surface area (Å²) in [6.07, 6.45) is 0. The Labute approximate surface area is 88.4 Å². The summed E-state index contributed by atoms with van der Waals surface area (Å²) < 4.78 is 11.8. The molecule has 1 nitrogen and oxygen atoms in total. The van der Waals surface area contributed by atoms with Crippen LogP contribution in [0.5, 0.6) is 0 Å². The highest BCUT2D eigenvalue weighted by Crippen LogP contribution is 2.23. The van der Waals surface area contributed by atoms with Crippen molar-refractivity contribution in [1.82, 2.24) is 0 Å². The fourth-order valence-corrected chi connectivity index (χ4v) is 2.05. The van der Waals surface area contributed by atoms with Gasteiger partial charge in [0.2, 0.25) is 0 Å². The minimum Gasteiger partial charge on any atom is -0.0558 e. The summed E-state index contributed by atoms with van der Waals surface area (Å²) >= 11 is 3.92. The molecule has 0 saturated carbocycles. The van der Waals surface area contributed by atoms with Crippen LogP contribution in [0.1, 0.15) is 0 Å². The highest BCUT2D eigenvalue weighted by atomic mass is 79.9. The van der Waals surface area contributed by atoms with Gasteiger partial charge in [0, 0.05) is 14.7 Å². The van der Waals surface area contributed by atoms with E-state index < -0.39 is 0 Å². The maximum Gasteiger partial charge on any atom is 0.505 e. The third kappa shape index (κ3) is 1.62. The molecule has 13 heavy (non-hydrogen) atoms. The SMILES string of the molecule is O=[S+]c1cccc2ccc(Br)cc12. The van der Waals surface area contributed by atoms with Crippen molar-refractivity contribution in [2.45, 2.75) is 4.90 Å². The second-order valence-corrected chi connectivity index (χ2v) is 4.23. The predicted molar refractivity (Wildman–Crippen MR) is 58.0 cm³/mol. The highest BCUT2D eigenvalue weighted by molar-refractivity contribution is 9.10. The van der Waals surface area contributed by atoms with Crippen LogP contribution in [0.25, 0.3) is 10.8 Å². The first kappa shape index (κ1) is 8.78. The average molecular weight is 254 g/mol. The molecule has 0 unspecified atom stereocenters. The summed E-state index contributed by atoms with van der Waals surface area (Å²) in [6, 6.07) is 11.7. The Kier molecular flexibility index (Phi) is 2.38. The molecule has 0 N–H and O–H groups in total. The molecule has 0 atom stereocenters. The molecule has 0 bridgehead atoms. The van der Waals surface area contributed by atoms with Crippen LogP contribution in [-0.2, 0) is 15.9 Å². The second kappa shape index (κ2) is 3.52. The van der Waals surface area contributed by atoms with Crippen LogP contribution in [0.3, 0.4) is 0 Å². The lowest BCUT2D eigenvalue weighted by Gasteiger charge is -1.94. The summed E-state index contributed by atoms with van der Waals surface area (Å²) in [5.41, 5.74) is 0. The number of rotatable bonds is 1. The quantitative estimate of drug-likeness (QED) is 0.713. The molecule has 0 saturated heterocycles. The van der Waals surface area contributed by atoms with Crippen LogP contribution in [0.2, 0.25) is 0 Å². The van der Waals surface area contributed by atoms with Gasteiger partial charge in [-0.25, -0.2) is 0 Å². The van der Waals surface area contributed by atoms with Gasteiger partial charge < -0.3 is 0 Å². The van der Waals surface area contributed by atoms with Crippen molar-refractivity contribution in [3.05, 3.63) is 40.9 Å². The molecule has 64 valence electrons. The zero-order chi connectivity index (χ0) is 9.26. The van der Waals surface area contributed by atoms with Crippen LogP contribution in [0, 0.1) is 0 Å². The Hall–Kier alpha value is -0.800. The summed E-state index contributed by atoms with van der Waals surface area (Å²) in [7, 11) is 0. The normalized spacial score (nSPS) is 10.2. The lowest BCUT2D eigenvalue weighted by atomic mass is 10.1. The Morgan fingerprint density at radius 1 is 1.15 bits per heavy atom. The summed E-state index contributed by atoms with van der Waals surface area (Å²) in [5, 5.41) is 2.11. The molecule has 2 aromatic carbocycles. The number of hydrogen-bond acceptors (Lipinski definition) is 1.